The van der Waals surface area contributed by atoms with Gasteiger partial charge in [-0.1, -0.05) is 0 Å². The molecule has 0 spiro atoms. The highest BCUT2D eigenvalue weighted by atomic mass is 127. The van der Waals surface area contributed by atoms with Crippen molar-refractivity contribution < 1.29 is 24.1 Å². The summed E-state index contributed by atoms with van der Waals surface area (Å²) < 4.78 is 21.7. The fourth-order valence-electron chi connectivity index (χ4n) is 3.30. The molecule has 1 heterocycles. The van der Waals surface area contributed by atoms with E-state index >= 15 is 0 Å². The van der Waals surface area contributed by atoms with Gasteiger partial charge in [-0.15, -0.1) is 24.0 Å². The molecule has 1 unspecified atom stereocenters. The molecule has 3 N–H and O–H groups in total. The van der Waals surface area contributed by atoms with Crippen molar-refractivity contribution in [3.05, 3.63) is 17.7 Å². The van der Waals surface area contributed by atoms with E-state index in [0.29, 0.717) is 62.6 Å². The van der Waals surface area contributed by atoms with Gasteiger partial charge in [-0.05, 0) is 13.8 Å². The van der Waals surface area contributed by atoms with E-state index in [9.17, 15) is 5.11 Å². The Hall–Kier alpha value is -1.50. The fourth-order valence-corrected chi connectivity index (χ4v) is 3.30. The molecule has 0 aliphatic carbocycles. The standard InChI is InChI=1S/C21H36N4O5.HI/c1-6-22-20(24-14-21(2,26)15-25-7-9-30-10-8-25)23-13-17-18(28-4)11-16(27-3)12-19(17)29-5;/h11-12,26H,6-10,13-15H2,1-5H3,(H2,22,23,24);1H. The first-order valence-electron chi connectivity index (χ1n) is 10.3. The van der Waals surface area contributed by atoms with Crippen LogP contribution < -0.4 is 24.8 Å². The molecule has 10 heteroatoms. The van der Waals surface area contributed by atoms with Crippen molar-refractivity contribution in [2.24, 2.45) is 4.99 Å². The summed E-state index contributed by atoms with van der Waals surface area (Å²) in [6, 6.07) is 3.61. The Balaban J connectivity index is 0.00000480. The molecule has 1 atom stereocenters. The molecule has 0 saturated carbocycles. The van der Waals surface area contributed by atoms with E-state index in [1.807, 2.05) is 13.8 Å². The van der Waals surface area contributed by atoms with Crippen molar-refractivity contribution in [1.82, 2.24) is 15.5 Å². The lowest BCUT2D eigenvalue weighted by Crippen LogP contribution is -2.52. The molecule has 1 saturated heterocycles. The highest BCUT2D eigenvalue weighted by molar-refractivity contribution is 14.0. The molecule has 1 fully saturated rings. The Morgan fingerprint density at radius 2 is 1.74 bits per heavy atom. The average Bonchev–Trinajstić information content (AvgIpc) is 2.75. The molecule has 0 aromatic heterocycles. The molecular formula is C21H37IN4O5. The van der Waals surface area contributed by atoms with Crippen molar-refractivity contribution >= 4 is 29.9 Å². The van der Waals surface area contributed by atoms with Crippen LogP contribution >= 0.6 is 24.0 Å². The van der Waals surface area contributed by atoms with Gasteiger partial charge in [-0.2, -0.15) is 0 Å². The number of nitrogens with zero attached hydrogens (tertiary/aromatic N) is 2. The van der Waals surface area contributed by atoms with Crippen LogP contribution in [-0.2, 0) is 11.3 Å². The number of β-amino-alcohol motifs (C(OH)–C–C–N with tert-alkyl or cyclic N) is 1. The quantitative estimate of drug-likeness (QED) is 0.228. The normalized spacial score (nSPS) is 16.6. The summed E-state index contributed by atoms with van der Waals surface area (Å²) in [6.07, 6.45) is 0. The zero-order chi connectivity index (χ0) is 22.0. The number of benzene rings is 1. The molecule has 0 radical (unpaired) electrons. The Kier molecular flexibility index (Phi) is 12.3. The van der Waals surface area contributed by atoms with Crippen molar-refractivity contribution in [2.75, 3.05) is 67.3 Å². The van der Waals surface area contributed by atoms with Crippen LogP contribution in [0.2, 0.25) is 0 Å². The maximum atomic E-state index is 10.8. The number of morpholine rings is 1. The summed E-state index contributed by atoms with van der Waals surface area (Å²) >= 11 is 0. The van der Waals surface area contributed by atoms with Gasteiger partial charge < -0.3 is 34.7 Å². The Morgan fingerprint density at radius 1 is 1.13 bits per heavy atom. The molecule has 31 heavy (non-hydrogen) atoms. The van der Waals surface area contributed by atoms with Gasteiger partial charge in [0.15, 0.2) is 5.96 Å². The maximum absolute atomic E-state index is 10.8. The molecule has 1 aliphatic rings. The summed E-state index contributed by atoms with van der Waals surface area (Å²) in [7, 11) is 4.81. The Labute approximate surface area is 202 Å². The van der Waals surface area contributed by atoms with Crippen LogP contribution in [0.15, 0.2) is 17.1 Å². The van der Waals surface area contributed by atoms with E-state index in [4.69, 9.17) is 18.9 Å². The summed E-state index contributed by atoms with van der Waals surface area (Å²) in [5.41, 5.74) is -0.0821. The van der Waals surface area contributed by atoms with Gasteiger partial charge in [0.2, 0.25) is 0 Å². The number of ether oxygens (including phenoxy) is 4. The summed E-state index contributed by atoms with van der Waals surface area (Å²) in [4.78, 5) is 6.87. The Morgan fingerprint density at radius 3 is 2.26 bits per heavy atom. The maximum Gasteiger partial charge on any atom is 0.191 e. The molecule has 178 valence electrons. The van der Waals surface area contributed by atoms with Crippen molar-refractivity contribution in [2.45, 2.75) is 26.0 Å². The highest BCUT2D eigenvalue weighted by Gasteiger charge is 2.25. The number of hydrogen-bond donors (Lipinski definition) is 3. The fraction of sp³-hybridized carbons (Fsp3) is 0.667. The van der Waals surface area contributed by atoms with Crippen molar-refractivity contribution in [1.29, 1.82) is 0 Å². The van der Waals surface area contributed by atoms with Gasteiger partial charge in [0.25, 0.3) is 0 Å². The number of aliphatic imine (C=N–C) groups is 1. The van der Waals surface area contributed by atoms with Crippen LogP contribution in [0.3, 0.4) is 0 Å². The van der Waals surface area contributed by atoms with E-state index in [1.54, 1.807) is 33.5 Å². The van der Waals surface area contributed by atoms with Gasteiger partial charge in [-0.25, -0.2) is 4.99 Å². The van der Waals surface area contributed by atoms with E-state index in [2.05, 4.69) is 20.5 Å². The molecule has 2 rings (SSSR count). The van der Waals surface area contributed by atoms with Crippen molar-refractivity contribution in [3.63, 3.8) is 0 Å². The van der Waals surface area contributed by atoms with Crippen LogP contribution in [0.1, 0.15) is 19.4 Å². The lowest BCUT2D eigenvalue weighted by atomic mass is 10.1. The van der Waals surface area contributed by atoms with E-state index in [-0.39, 0.29) is 24.0 Å². The summed E-state index contributed by atoms with van der Waals surface area (Å²) in [5, 5.41) is 17.3. The predicted molar refractivity (Wildman–Crippen MR) is 132 cm³/mol. The molecule has 0 bridgehead atoms. The molecule has 0 amide bonds. The minimum atomic E-state index is -0.900. The third kappa shape index (κ3) is 8.87. The number of aliphatic hydroxyl groups is 1. The highest BCUT2D eigenvalue weighted by Crippen LogP contribution is 2.34. The summed E-state index contributed by atoms with van der Waals surface area (Å²) in [5.74, 6) is 2.55. The van der Waals surface area contributed by atoms with Gasteiger partial charge in [0, 0.05) is 44.9 Å². The average molecular weight is 552 g/mol. The second-order valence-electron chi connectivity index (χ2n) is 7.44. The van der Waals surface area contributed by atoms with E-state index in [1.165, 1.54) is 0 Å². The topological polar surface area (TPSA) is 96.8 Å². The summed E-state index contributed by atoms with van der Waals surface area (Å²) in [6.45, 7) is 8.90. The first-order valence-corrected chi connectivity index (χ1v) is 10.3. The number of hydrogen-bond acceptors (Lipinski definition) is 7. The van der Waals surface area contributed by atoms with Gasteiger partial charge in [-0.3, -0.25) is 4.90 Å². The number of methoxy groups -OCH3 is 3. The first kappa shape index (κ1) is 27.5. The van der Waals surface area contributed by atoms with Gasteiger partial charge in [0.05, 0.1) is 52.3 Å². The van der Waals surface area contributed by atoms with Crippen LogP contribution in [0, 0.1) is 0 Å². The number of nitrogens with one attached hydrogen (secondary N) is 2. The SMILES string of the molecule is CCNC(=NCc1c(OC)cc(OC)cc1OC)NCC(C)(O)CN1CCOCC1.I. The molecule has 1 aromatic rings. The van der Waals surface area contributed by atoms with E-state index < -0.39 is 5.60 Å². The number of halogens is 1. The smallest absolute Gasteiger partial charge is 0.191 e. The van der Waals surface area contributed by atoms with Crippen LogP contribution in [-0.4, -0.2) is 88.8 Å². The monoisotopic (exact) mass is 552 g/mol. The third-order valence-corrected chi connectivity index (χ3v) is 4.86. The third-order valence-electron chi connectivity index (χ3n) is 4.86. The Bertz CT molecular complexity index is 671. The second kappa shape index (κ2) is 13.8. The largest absolute Gasteiger partial charge is 0.496 e. The first-order chi connectivity index (χ1) is 14.4. The van der Waals surface area contributed by atoms with Crippen LogP contribution in [0.25, 0.3) is 0 Å². The van der Waals surface area contributed by atoms with E-state index in [0.717, 1.165) is 18.7 Å². The number of rotatable bonds is 10. The van der Waals surface area contributed by atoms with Gasteiger partial charge in [0.1, 0.15) is 17.2 Å². The predicted octanol–water partition coefficient (Wildman–Crippen LogP) is 1.47. The van der Waals surface area contributed by atoms with Crippen LogP contribution in [0.4, 0.5) is 0 Å². The molecule has 9 nitrogen and oxygen atoms in total. The second-order valence-corrected chi connectivity index (χ2v) is 7.44. The van der Waals surface area contributed by atoms with Crippen LogP contribution in [0.5, 0.6) is 17.2 Å². The minimum Gasteiger partial charge on any atom is -0.496 e. The zero-order valence-corrected chi connectivity index (χ0v) is 21.5. The minimum absolute atomic E-state index is 0. The molecule has 1 aliphatic heterocycles. The molecule has 1 aromatic carbocycles. The van der Waals surface area contributed by atoms with Gasteiger partial charge >= 0.3 is 0 Å². The zero-order valence-electron chi connectivity index (χ0n) is 19.2. The van der Waals surface area contributed by atoms with Crippen molar-refractivity contribution in [3.8, 4) is 17.2 Å². The lowest BCUT2D eigenvalue weighted by Gasteiger charge is -2.34. The molecular weight excluding hydrogens is 515 g/mol. The lowest BCUT2D eigenvalue weighted by molar-refractivity contribution is -0.0201. The number of guanidine groups is 1.